The summed E-state index contributed by atoms with van der Waals surface area (Å²) in [4.78, 5) is 24.9. The number of amides is 2. The molecule has 2 aromatic carbocycles. The van der Waals surface area contributed by atoms with Crippen molar-refractivity contribution >= 4 is 33.5 Å². The first-order valence-electron chi connectivity index (χ1n) is 15.3. The van der Waals surface area contributed by atoms with E-state index in [0.717, 1.165) is 22.5 Å². The molecule has 3 heterocycles. The molecule has 0 unspecified atom stereocenters. The molecule has 0 radical (unpaired) electrons. The second-order valence-corrected chi connectivity index (χ2v) is 14.8. The van der Waals surface area contributed by atoms with E-state index < -0.39 is 22.0 Å². The fourth-order valence-corrected chi connectivity index (χ4v) is 7.67. The molecule has 1 saturated heterocycles. The van der Waals surface area contributed by atoms with Gasteiger partial charge in [-0.05, 0) is 69.7 Å². The summed E-state index contributed by atoms with van der Waals surface area (Å²) in [5.74, 6) is -0.467. The zero-order chi connectivity index (χ0) is 33.4. The molecule has 0 bridgehead atoms. The number of piperidine rings is 1. The Hall–Kier alpha value is -4.42. The van der Waals surface area contributed by atoms with Crippen LogP contribution in [0, 0.1) is 26.7 Å². The Bertz CT molecular complexity index is 1860. The highest BCUT2D eigenvalue weighted by atomic mass is 32.2. The average Bonchev–Trinajstić information content (AvgIpc) is 3.55. The average molecular weight is 648 g/mol. The highest BCUT2D eigenvalue weighted by molar-refractivity contribution is 7.89. The molecule has 1 fully saturated rings. The highest BCUT2D eigenvalue weighted by Crippen LogP contribution is 2.33. The van der Waals surface area contributed by atoms with Gasteiger partial charge in [-0.1, -0.05) is 56.7 Å². The van der Waals surface area contributed by atoms with Gasteiger partial charge in [0.1, 0.15) is 27.8 Å². The number of aryl methyl sites for hydroxylation is 3. The van der Waals surface area contributed by atoms with Crippen molar-refractivity contribution in [2.45, 2.75) is 71.1 Å². The fourth-order valence-electron chi connectivity index (χ4n) is 5.82. The Morgan fingerprint density at radius 3 is 2.26 bits per heavy atom. The quantitative estimate of drug-likeness (QED) is 0.193. The van der Waals surface area contributed by atoms with E-state index >= 15 is 0 Å². The molecule has 0 spiro atoms. The number of carbonyl (C=O) groups excluding carboxylic acids is 1. The van der Waals surface area contributed by atoms with Crippen LogP contribution < -0.4 is 10.6 Å². The van der Waals surface area contributed by atoms with Gasteiger partial charge in [0.2, 0.25) is 10.0 Å². The van der Waals surface area contributed by atoms with Crippen LogP contribution in [0.3, 0.4) is 0 Å². The van der Waals surface area contributed by atoms with E-state index in [1.54, 1.807) is 4.68 Å². The zero-order valence-corrected chi connectivity index (χ0v) is 27.9. The highest BCUT2D eigenvalue weighted by Gasteiger charge is 2.37. The third-order valence-corrected chi connectivity index (χ3v) is 10.4. The van der Waals surface area contributed by atoms with Gasteiger partial charge in [0, 0.05) is 30.3 Å². The maximum absolute atomic E-state index is 13.5. The number of carboxylic acids is 1. The van der Waals surface area contributed by atoms with Gasteiger partial charge in [0.25, 0.3) is 0 Å². The van der Waals surface area contributed by atoms with E-state index in [2.05, 4.69) is 31.4 Å². The van der Waals surface area contributed by atoms with Gasteiger partial charge < -0.3 is 14.8 Å². The Kier molecular flexibility index (Phi) is 9.14. The molecule has 46 heavy (non-hydrogen) atoms. The Balaban J connectivity index is 1.27. The number of rotatable bonds is 8. The summed E-state index contributed by atoms with van der Waals surface area (Å²) in [6, 6.07) is 17.0. The Labute approximate surface area is 269 Å². The number of carboxylic acid groups (broad SMARTS) is 1. The van der Waals surface area contributed by atoms with E-state index in [4.69, 9.17) is 9.52 Å². The monoisotopic (exact) mass is 647 g/mol. The van der Waals surface area contributed by atoms with E-state index in [0.29, 0.717) is 30.8 Å². The number of para-hydroxylation sites is 1. The van der Waals surface area contributed by atoms with Crippen LogP contribution in [0.15, 0.2) is 63.9 Å². The first-order chi connectivity index (χ1) is 21.6. The Morgan fingerprint density at radius 2 is 1.63 bits per heavy atom. The summed E-state index contributed by atoms with van der Waals surface area (Å²) in [7, 11) is -4.04. The van der Waals surface area contributed by atoms with Crippen LogP contribution >= 0.6 is 0 Å². The summed E-state index contributed by atoms with van der Waals surface area (Å²) >= 11 is 0. The van der Waals surface area contributed by atoms with Crippen molar-refractivity contribution in [3.8, 4) is 5.69 Å². The number of hydrogen-bond donors (Lipinski definition) is 3. The molecule has 4 aromatic rings. The summed E-state index contributed by atoms with van der Waals surface area (Å²) in [6.07, 6.45) is 1.82. The molecular weight excluding hydrogens is 606 g/mol. The normalized spacial score (nSPS) is 14.7. The van der Waals surface area contributed by atoms with Gasteiger partial charge in [-0.25, -0.2) is 22.7 Å². The topological polar surface area (TPSA) is 147 Å². The predicted molar refractivity (Wildman–Crippen MR) is 176 cm³/mol. The van der Waals surface area contributed by atoms with Gasteiger partial charge in [0.15, 0.2) is 0 Å². The number of sulfonamides is 1. The lowest BCUT2D eigenvalue weighted by Gasteiger charge is -2.31. The largest absolute Gasteiger partial charge is 0.478 e. The third-order valence-electron chi connectivity index (χ3n) is 8.36. The van der Waals surface area contributed by atoms with E-state index in [1.807, 2.05) is 61.5 Å². The summed E-state index contributed by atoms with van der Waals surface area (Å²) in [5.41, 5.74) is 3.88. The van der Waals surface area contributed by atoms with Crippen molar-refractivity contribution in [3.63, 3.8) is 0 Å². The third kappa shape index (κ3) is 6.87. The lowest BCUT2D eigenvalue weighted by atomic mass is 9.90. The zero-order valence-electron chi connectivity index (χ0n) is 27.0. The summed E-state index contributed by atoms with van der Waals surface area (Å²) < 4.78 is 35.4. The second kappa shape index (κ2) is 12.8. The number of hydrogen-bond acceptors (Lipinski definition) is 6. The lowest BCUT2D eigenvalue weighted by molar-refractivity contribution is 0.0691. The number of urea groups is 1. The smallest absolute Gasteiger partial charge is 0.340 e. The fraction of sp³-hybridized carbons (Fsp3) is 0.382. The molecule has 11 nitrogen and oxygen atoms in total. The van der Waals surface area contributed by atoms with E-state index in [-0.39, 0.29) is 46.4 Å². The summed E-state index contributed by atoms with van der Waals surface area (Å²) in [5, 5.41) is 20.4. The van der Waals surface area contributed by atoms with Crippen molar-refractivity contribution in [2.24, 2.45) is 5.92 Å². The van der Waals surface area contributed by atoms with E-state index in [9.17, 15) is 23.1 Å². The molecule has 0 saturated carbocycles. The van der Waals surface area contributed by atoms with Crippen molar-refractivity contribution in [3.05, 3.63) is 88.5 Å². The van der Waals surface area contributed by atoms with Gasteiger partial charge in [-0.3, -0.25) is 5.32 Å². The van der Waals surface area contributed by atoms with Gasteiger partial charge in [-0.2, -0.15) is 9.40 Å². The van der Waals surface area contributed by atoms with Gasteiger partial charge in [-0.15, -0.1) is 0 Å². The number of furan rings is 1. The minimum atomic E-state index is -4.04. The minimum Gasteiger partial charge on any atom is -0.478 e. The standard InChI is InChI=1S/C34H41N5O6S/c1-21-11-13-26(14-12-21)39-29(20-28(37-39)34(4,5)6)36-33(42)35-27-10-8-7-9-25(27)19-24-15-17-38(18-16-24)46(43,44)31-23(3)45-22(2)30(31)32(40)41/h7-14,20,24H,15-19H2,1-6H3,(H,40,41)(H2,35,36,42). The first-order valence-corrected chi connectivity index (χ1v) is 16.8. The number of nitrogens with one attached hydrogen (secondary N) is 2. The first kappa shape index (κ1) is 33.0. The molecule has 2 aromatic heterocycles. The number of carbonyl (C=O) groups is 2. The lowest BCUT2D eigenvalue weighted by Crippen LogP contribution is -2.39. The maximum Gasteiger partial charge on any atom is 0.340 e. The van der Waals surface area contributed by atoms with Crippen molar-refractivity contribution < 1.29 is 27.5 Å². The van der Waals surface area contributed by atoms with Crippen molar-refractivity contribution in [1.29, 1.82) is 0 Å². The second-order valence-electron chi connectivity index (χ2n) is 12.9. The molecule has 1 aliphatic heterocycles. The maximum atomic E-state index is 13.5. The van der Waals surface area contributed by atoms with Crippen LogP contribution in [0.5, 0.6) is 0 Å². The van der Waals surface area contributed by atoms with E-state index in [1.165, 1.54) is 18.2 Å². The van der Waals surface area contributed by atoms with Gasteiger partial charge in [0.05, 0.1) is 11.4 Å². The number of anilines is 2. The molecule has 244 valence electrons. The van der Waals surface area contributed by atoms with Crippen LogP contribution in [-0.4, -0.2) is 52.7 Å². The van der Waals surface area contributed by atoms with Crippen LogP contribution in [-0.2, 0) is 21.9 Å². The molecule has 1 aliphatic rings. The van der Waals surface area contributed by atoms with Crippen LogP contribution in [0.25, 0.3) is 5.69 Å². The number of aromatic nitrogens is 2. The van der Waals surface area contributed by atoms with Crippen LogP contribution in [0.1, 0.15) is 72.3 Å². The number of benzene rings is 2. The van der Waals surface area contributed by atoms with Crippen molar-refractivity contribution in [2.75, 3.05) is 23.7 Å². The van der Waals surface area contributed by atoms with Crippen molar-refractivity contribution in [1.82, 2.24) is 14.1 Å². The summed E-state index contributed by atoms with van der Waals surface area (Å²) in [6.45, 7) is 11.7. The SMILES string of the molecule is Cc1ccc(-n2nc(C(C)(C)C)cc2NC(=O)Nc2ccccc2CC2CCN(S(=O)(=O)c3c(C)oc(C)c3C(=O)O)CC2)cc1. The molecule has 0 aliphatic carbocycles. The molecule has 12 heteroatoms. The Morgan fingerprint density at radius 1 is 0.978 bits per heavy atom. The minimum absolute atomic E-state index is 0.0702. The molecule has 0 atom stereocenters. The number of aromatic carboxylic acids is 1. The number of nitrogens with zero attached hydrogens (tertiary/aromatic N) is 3. The molecule has 3 N–H and O–H groups in total. The predicted octanol–water partition coefficient (Wildman–Crippen LogP) is 6.67. The molecular formula is C34H41N5O6S. The molecule has 5 rings (SSSR count). The van der Waals surface area contributed by atoms with Crippen LogP contribution in [0.2, 0.25) is 0 Å². The van der Waals surface area contributed by atoms with Gasteiger partial charge >= 0.3 is 12.0 Å². The van der Waals surface area contributed by atoms with Crippen LogP contribution in [0.4, 0.5) is 16.3 Å². The molecule has 2 amide bonds.